The van der Waals surface area contributed by atoms with Crippen LogP contribution in [-0.2, 0) is 0 Å². The van der Waals surface area contributed by atoms with Crippen molar-refractivity contribution in [3.05, 3.63) is 60.9 Å². The zero-order valence-electron chi connectivity index (χ0n) is 15.0. The van der Waals surface area contributed by atoms with Crippen LogP contribution < -0.4 is 19.9 Å². The van der Waals surface area contributed by atoms with Gasteiger partial charge in [0.25, 0.3) is 5.91 Å². The lowest BCUT2D eigenvalue weighted by atomic mass is 10.2. The number of hydrogen-bond acceptors (Lipinski definition) is 5. The summed E-state index contributed by atoms with van der Waals surface area (Å²) >= 11 is 0. The van der Waals surface area contributed by atoms with Crippen LogP contribution >= 0.6 is 0 Å². The van der Waals surface area contributed by atoms with Crippen LogP contribution in [0.15, 0.2) is 55.3 Å². The highest BCUT2D eigenvalue weighted by atomic mass is 16.5. The summed E-state index contributed by atoms with van der Waals surface area (Å²) in [4.78, 5) is 20.8. The molecular weight excluding hydrogens is 328 g/mol. The number of carbonyl (C=O) groups excluding carboxylic acids is 1. The molecule has 1 aliphatic heterocycles. The topological polar surface area (TPSA) is 57.7 Å². The molecule has 1 aromatic heterocycles. The van der Waals surface area contributed by atoms with E-state index in [4.69, 9.17) is 4.74 Å². The molecule has 1 fully saturated rings. The molecule has 0 saturated carbocycles. The van der Waals surface area contributed by atoms with Gasteiger partial charge in [0.15, 0.2) is 0 Å². The van der Waals surface area contributed by atoms with Gasteiger partial charge in [-0.15, -0.1) is 6.58 Å². The molecule has 26 heavy (non-hydrogen) atoms. The first-order valence-corrected chi connectivity index (χ1v) is 8.71. The second kappa shape index (κ2) is 8.38. The lowest BCUT2D eigenvalue weighted by molar-refractivity contribution is 0.0953. The summed E-state index contributed by atoms with van der Waals surface area (Å²) in [6.45, 7) is 7.62. The average molecular weight is 352 g/mol. The summed E-state index contributed by atoms with van der Waals surface area (Å²) in [6.07, 6.45) is 3.41. The molecular formula is C20H24N4O2. The van der Waals surface area contributed by atoms with Gasteiger partial charge in [-0.3, -0.25) is 4.79 Å². The summed E-state index contributed by atoms with van der Waals surface area (Å²) in [5, 5.41) is 2.73. The molecule has 6 heteroatoms. The standard InChI is InChI=1S/C20H24N4O2/c1-3-10-21-20(25)17-9-8-16(15-22-17)23-11-13-24(14-12-23)18-6-4-5-7-19(18)26-2/h3-9,15H,1,10-14H2,2H3,(H,21,25). The average Bonchev–Trinajstić information content (AvgIpc) is 2.72. The molecule has 6 nitrogen and oxygen atoms in total. The smallest absolute Gasteiger partial charge is 0.270 e. The Kier molecular flexibility index (Phi) is 5.73. The van der Waals surface area contributed by atoms with Crippen molar-refractivity contribution in [2.75, 3.05) is 49.6 Å². The fourth-order valence-electron chi connectivity index (χ4n) is 3.06. The van der Waals surface area contributed by atoms with Crippen LogP contribution in [0.25, 0.3) is 0 Å². The van der Waals surface area contributed by atoms with Gasteiger partial charge in [0.1, 0.15) is 11.4 Å². The van der Waals surface area contributed by atoms with E-state index in [-0.39, 0.29) is 5.91 Å². The molecule has 136 valence electrons. The minimum Gasteiger partial charge on any atom is -0.495 e. The molecule has 1 N–H and O–H groups in total. The largest absolute Gasteiger partial charge is 0.495 e. The van der Waals surface area contributed by atoms with Gasteiger partial charge in [0.05, 0.1) is 24.7 Å². The highest BCUT2D eigenvalue weighted by molar-refractivity contribution is 5.92. The van der Waals surface area contributed by atoms with Gasteiger partial charge in [0, 0.05) is 32.7 Å². The number of amides is 1. The Bertz CT molecular complexity index is 753. The number of hydrogen-bond donors (Lipinski definition) is 1. The number of anilines is 2. The molecule has 0 atom stereocenters. The van der Waals surface area contributed by atoms with Gasteiger partial charge in [0.2, 0.25) is 0 Å². The van der Waals surface area contributed by atoms with Crippen molar-refractivity contribution in [2.45, 2.75) is 0 Å². The normalized spacial score (nSPS) is 14.0. The van der Waals surface area contributed by atoms with E-state index in [9.17, 15) is 4.79 Å². The first kappa shape index (κ1) is 17.8. The number of para-hydroxylation sites is 2. The van der Waals surface area contributed by atoms with Crippen molar-refractivity contribution in [1.29, 1.82) is 0 Å². The Balaban J connectivity index is 1.61. The molecule has 1 aliphatic rings. The quantitative estimate of drug-likeness (QED) is 0.809. The third-order valence-electron chi connectivity index (χ3n) is 4.46. The second-order valence-corrected chi connectivity index (χ2v) is 6.05. The number of rotatable bonds is 6. The Morgan fingerprint density at radius 2 is 1.92 bits per heavy atom. The second-order valence-electron chi connectivity index (χ2n) is 6.05. The van der Waals surface area contributed by atoms with Crippen molar-refractivity contribution in [3.8, 4) is 5.75 Å². The monoisotopic (exact) mass is 352 g/mol. The van der Waals surface area contributed by atoms with Crippen LogP contribution in [0.5, 0.6) is 5.75 Å². The number of piperazine rings is 1. The first-order valence-electron chi connectivity index (χ1n) is 8.71. The highest BCUT2D eigenvalue weighted by Crippen LogP contribution is 2.29. The minimum atomic E-state index is -0.183. The summed E-state index contributed by atoms with van der Waals surface area (Å²) < 4.78 is 5.46. The molecule has 0 unspecified atom stereocenters. The van der Waals surface area contributed by atoms with Gasteiger partial charge in [-0.1, -0.05) is 18.2 Å². The number of aromatic nitrogens is 1. The number of ether oxygens (including phenoxy) is 1. The van der Waals surface area contributed by atoms with E-state index >= 15 is 0 Å². The van der Waals surface area contributed by atoms with Crippen molar-refractivity contribution in [2.24, 2.45) is 0 Å². The van der Waals surface area contributed by atoms with Crippen molar-refractivity contribution < 1.29 is 9.53 Å². The fraction of sp³-hybridized carbons (Fsp3) is 0.300. The minimum absolute atomic E-state index is 0.183. The summed E-state index contributed by atoms with van der Waals surface area (Å²) in [7, 11) is 1.70. The Morgan fingerprint density at radius 3 is 2.58 bits per heavy atom. The van der Waals surface area contributed by atoms with Gasteiger partial charge in [-0.2, -0.15) is 0 Å². The maximum Gasteiger partial charge on any atom is 0.270 e. The molecule has 0 aliphatic carbocycles. The van der Waals surface area contributed by atoms with E-state index in [0.717, 1.165) is 43.3 Å². The van der Waals surface area contributed by atoms with Gasteiger partial charge in [-0.25, -0.2) is 4.98 Å². The van der Waals surface area contributed by atoms with Crippen molar-refractivity contribution in [1.82, 2.24) is 10.3 Å². The zero-order valence-corrected chi connectivity index (χ0v) is 15.0. The summed E-state index contributed by atoms with van der Waals surface area (Å²) in [5.41, 5.74) is 2.58. The Hall–Kier alpha value is -3.02. The molecule has 0 radical (unpaired) electrons. The van der Waals surface area contributed by atoms with Gasteiger partial charge >= 0.3 is 0 Å². The van der Waals surface area contributed by atoms with E-state index in [2.05, 4.69) is 32.7 Å². The molecule has 2 heterocycles. The van der Waals surface area contributed by atoms with E-state index in [1.165, 1.54) is 0 Å². The fourth-order valence-corrected chi connectivity index (χ4v) is 3.06. The van der Waals surface area contributed by atoms with E-state index in [0.29, 0.717) is 12.2 Å². The summed E-state index contributed by atoms with van der Waals surface area (Å²) in [5.74, 6) is 0.718. The molecule has 1 saturated heterocycles. The Labute approximate surface area is 154 Å². The highest BCUT2D eigenvalue weighted by Gasteiger charge is 2.20. The van der Waals surface area contributed by atoms with Crippen molar-refractivity contribution in [3.63, 3.8) is 0 Å². The Morgan fingerprint density at radius 1 is 1.19 bits per heavy atom. The SMILES string of the molecule is C=CCNC(=O)c1ccc(N2CCN(c3ccccc3OC)CC2)cn1. The van der Waals surface area contributed by atoms with Gasteiger partial charge in [-0.05, 0) is 24.3 Å². The lowest BCUT2D eigenvalue weighted by Crippen LogP contribution is -2.46. The lowest BCUT2D eigenvalue weighted by Gasteiger charge is -2.37. The molecule has 0 spiro atoms. The molecule has 0 bridgehead atoms. The number of nitrogens with one attached hydrogen (secondary N) is 1. The molecule has 1 amide bonds. The van der Waals surface area contributed by atoms with E-state index in [1.807, 2.05) is 24.3 Å². The third-order valence-corrected chi connectivity index (χ3v) is 4.46. The van der Waals surface area contributed by atoms with E-state index < -0.39 is 0 Å². The zero-order chi connectivity index (χ0) is 18.4. The number of benzene rings is 1. The van der Waals surface area contributed by atoms with Crippen LogP contribution in [0, 0.1) is 0 Å². The van der Waals surface area contributed by atoms with Crippen LogP contribution in [0.1, 0.15) is 10.5 Å². The molecule has 3 rings (SSSR count). The molecule has 1 aromatic carbocycles. The molecule has 2 aromatic rings. The predicted molar refractivity (Wildman–Crippen MR) is 104 cm³/mol. The number of carbonyl (C=O) groups is 1. The maximum atomic E-state index is 11.9. The van der Waals surface area contributed by atoms with Crippen molar-refractivity contribution >= 4 is 17.3 Å². The van der Waals surface area contributed by atoms with Crippen LogP contribution in [-0.4, -0.2) is 50.7 Å². The van der Waals surface area contributed by atoms with Crippen LogP contribution in [0.4, 0.5) is 11.4 Å². The number of nitrogens with zero attached hydrogens (tertiary/aromatic N) is 3. The number of methoxy groups -OCH3 is 1. The predicted octanol–water partition coefficient (Wildman–Crippen LogP) is 2.33. The third kappa shape index (κ3) is 3.96. The summed E-state index contributed by atoms with van der Waals surface area (Å²) in [6, 6.07) is 11.8. The maximum absolute atomic E-state index is 11.9. The van der Waals surface area contributed by atoms with Crippen LogP contribution in [0.3, 0.4) is 0 Å². The van der Waals surface area contributed by atoms with Gasteiger partial charge < -0.3 is 19.9 Å². The van der Waals surface area contributed by atoms with E-state index in [1.54, 1.807) is 25.4 Å². The first-order chi connectivity index (χ1) is 12.7. The van der Waals surface area contributed by atoms with Crippen LogP contribution in [0.2, 0.25) is 0 Å². The number of pyridine rings is 1.